The average molecular weight is 446 g/mol. The van der Waals surface area contributed by atoms with Gasteiger partial charge in [-0.2, -0.15) is 0 Å². The Labute approximate surface area is 188 Å². The molecule has 32 heavy (non-hydrogen) atoms. The Morgan fingerprint density at radius 3 is 2.34 bits per heavy atom. The molecule has 0 spiro atoms. The third-order valence-electron chi connectivity index (χ3n) is 4.56. The van der Waals surface area contributed by atoms with E-state index in [1.807, 2.05) is 36.4 Å². The summed E-state index contributed by atoms with van der Waals surface area (Å²) >= 11 is 5.80. The first-order valence-electron chi connectivity index (χ1n) is 9.49. The number of anilines is 3. The number of nitro benzene ring substituents is 1. The van der Waals surface area contributed by atoms with Crippen LogP contribution in [0.1, 0.15) is 10.4 Å². The van der Waals surface area contributed by atoms with Crippen molar-refractivity contribution < 1.29 is 9.72 Å². The van der Waals surface area contributed by atoms with Crippen LogP contribution >= 0.6 is 11.6 Å². The van der Waals surface area contributed by atoms with Gasteiger partial charge in [0.1, 0.15) is 17.2 Å². The minimum absolute atomic E-state index is 0.0258. The summed E-state index contributed by atoms with van der Waals surface area (Å²) in [7, 11) is 0. The zero-order valence-corrected chi connectivity index (χ0v) is 17.3. The molecule has 4 aromatic rings. The topological polar surface area (TPSA) is 110 Å². The van der Waals surface area contributed by atoms with Gasteiger partial charge < -0.3 is 10.6 Å². The van der Waals surface area contributed by atoms with E-state index >= 15 is 0 Å². The van der Waals surface area contributed by atoms with Crippen LogP contribution < -0.4 is 10.6 Å². The van der Waals surface area contributed by atoms with Gasteiger partial charge in [-0.3, -0.25) is 14.9 Å². The average Bonchev–Trinajstić information content (AvgIpc) is 2.81. The Kier molecular flexibility index (Phi) is 6.05. The van der Waals surface area contributed by atoms with Crippen LogP contribution in [0.15, 0.2) is 85.2 Å². The van der Waals surface area contributed by atoms with Gasteiger partial charge in [0.05, 0.1) is 10.6 Å². The fourth-order valence-corrected chi connectivity index (χ4v) is 3.16. The van der Waals surface area contributed by atoms with Crippen LogP contribution in [0.4, 0.5) is 22.9 Å². The molecule has 0 aliphatic heterocycles. The summed E-state index contributed by atoms with van der Waals surface area (Å²) in [5, 5.41) is 16.9. The molecule has 1 amide bonds. The number of amides is 1. The first-order valence-corrected chi connectivity index (χ1v) is 9.87. The summed E-state index contributed by atoms with van der Waals surface area (Å²) in [6, 6.07) is 22.5. The maximum atomic E-state index is 12.4. The van der Waals surface area contributed by atoms with Crippen molar-refractivity contribution in [2.75, 3.05) is 10.6 Å². The minimum Gasteiger partial charge on any atom is -0.340 e. The monoisotopic (exact) mass is 445 g/mol. The number of carbonyl (C=O) groups excluding carboxylic acids is 1. The van der Waals surface area contributed by atoms with Crippen molar-refractivity contribution >= 4 is 40.4 Å². The lowest BCUT2D eigenvalue weighted by Crippen LogP contribution is -2.12. The van der Waals surface area contributed by atoms with Crippen LogP contribution in [0.5, 0.6) is 0 Å². The number of hydrogen-bond donors (Lipinski definition) is 2. The molecule has 0 aliphatic carbocycles. The molecule has 8 nitrogen and oxygen atoms in total. The zero-order valence-electron chi connectivity index (χ0n) is 16.5. The zero-order chi connectivity index (χ0) is 22.5. The molecule has 0 radical (unpaired) electrons. The molecule has 2 N–H and O–H groups in total. The van der Waals surface area contributed by atoms with Crippen molar-refractivity contribution in [3.63, 3.8) is 0 Å². The van der Waals surface area contributed by atoms with Crippen LogP contribution in [-0.2, 0) is 0 Å². The van der Waals surface area contributed by atoms with Crippen LogP contribution in [-0.4, -0.2) is 20.8 Å². The van der Waals surface area contributed by atoms with Crippen LogP contribution in [0, 0.1) is 10.1 Å². The maximum Gasteiger partial charge on any atom is 0.288 e. The second-order valence-electron chi connectivity index (χ2n) is 6.73. The number of rotatable bonds is 6. The molecular weight excluding hydrogens is 430 g/mol. The Bertz CT molecular complexity index is 1280. The Balaban J connectivity index is 1.44. The molecule has 4 rings (SSSR count). The van der Waals surface area contributed by atoms with E-state index in [9.17, 15) is 14.9 Å². The van der Waals surface area contributed by atoms with Crippen LogP contribution in [0.2, 0.25) is 5.02 Å². The van der Waals surface area contributed by atoms with Gasteiger partial charge in [0, 0.05) is 34.6 Å². The minimum atomic E-state index is -0.629. The molecule has 158 valence electrons. The van der Waals surface area contributed by atoms with E-state index in [0.29, 0.717) is 11.5 Å². The number of nitro groups is 1. The number of hydrogen-bond acceptors (Lipinski definition) is 6. The lowest BCUT2D eigenvalue weighted by Gasteiger charge is -2.09. The first-order chi connectivity index (χ1) is 15.5. The highest BCUT2D eigenvalue weighted by molar-refractivity contribution is 6.32. The van der Waals surface area contributed by atoms with E-state index in [2.05, 4.69) is 20.6 Å². The summed E-state index contributed by atoms with van der Waals surface area (Å²) < 4.78 is 0. The summed E-state index contributed by atoms with van der Waals surface area (Å²) in [5.74, 6) is 0.151. The predicted molar refractivity (Wildman–Crippen MR) is 123 cm³/mol. The first kappa shape index (κ1) is 21.0. The molecule has 1 heterocycles. The lowest BCUT2D eigenvalue weighted by atomic mass is 10.1. The number of benzene rings is 3. The third kappa shape index (κ3) is 4.88. The highest BCUT2D eigenvalue weighted by Crippen LogP contribution is 2.26. The lowest BCUT2D eigenvalue weighted by molar-refractivity contribution is -0.384. The van der Waals surface area contributed by atoms with Gasteiger partial charge in [-0.15, -0.1) is 0 Å². The van der Waals surface area contributed by atoms with E-state index in [4.69, 9.17) is 11.6 Å². The van der Waals surface area contributed by atoms with E-state index in [-0.39, 0.29) is 16.3 Å². The SMILES string of the molecule is O=C(Nc1ccc(Nc2cc(-c3ccccc3)ncn2)cc1)c1ccc(Cl)c([N+](=O)[O-])c1. The van der Waals surface area contributed by atoms with Gasteiger partial charge in [-0.1, -0.05) is 41.9 Å². The molecule has 3 aromatic carbocycles. The van der Waals surface area contributed by atoms with Crippen molar-refractivity contribution in [2.24, 2.45) is 0 Å². The highest BCUT2D eigenvalue weighted by Gasteiger charge is 2.16. The third-order valence-corrected chi connectivity index (χ3v) is 4.88. The number of nitrogens with one attached hydrogen (secondary N) is 2. The number of nitrogens with zero attached hydrogens (tertiary/aromatic N) is 3. The van der Waals surface area contributed by atoms with E-state index in [1.54, 1.807) is 24.3 Å². The molecule has 0 unspecified atom stereocenters. The van der Waals surface area contributed by atoms with Gasteiger partial charge in [0.25, 0.3) is 11.6 Å². The largest absolute Gasteiger partial charge is 0.340 e. The van der Waals surface area contributed by atoms with Gasteiger partial charge in [-0.05, 0) is 36.4 Å². The van der Waals surface area contributed by atoms with Crippen molar-refractivity contribution in [1.29, 1.82) is 0 Å². The molecule has 1 aromatic heterocycles. The van der Waals surface area contributed by atoms with Gasteiger partial charge in [0.15, 0.2) is 0 Å². The van der Waals surface area contributed by atoms with Crippen LogP contribution in [0.25, 0.3) is 11.3 Å². The predicted octanol–water partition coefficient (Wildman–Crippen LogP) is 5.70. The standard InChI is InChI=1S/C23H16ClN5O3/c24-19-11-6-16(12-21(19)29(31)32)23(30)28-18-9-7-17(8-10-18)27-22-13-20(25-14-26-22)15-4-2-1-3-5-15/h1-14H,(H,28,30)(H,25,26,27). The number of halogens is 1. The highest BCUT2D eigenvalue weighted by atomic mass is 35.5. The van der Waals surface area contributed by atoms with Gasteiger partial charge in [0.2, 0.25) is 0 Å². The molecule has 0 fully saturated rings. The fraction of sp³-hybridized carbons (Fsp3) is 0. The quantitative estimate of drug-likeness (QED) is 0.291. The summed E-state index contributed by atoms with van der Waals surface area (Å²) in [5.41, 5.74) is 2.90. The smallest absolute Gasteiger partial charge is 0.288 e. The Morgan fingerprint density at radius 1 is 0.906 bits per heavy atom. The molecule has 0 bridgehead atoms. The Morgan fingerprint density at radius 2 is 1.62 bits per heavy atom. The van der Waals surface area contributed by atoms with Crippen LogP contribution in [0.3, 0.4) is 0 Å². The molecule has 0 saturated carbocycles. The molecular formula is C23H16ClN5O3. The van der Waals surface area contributed by atoms with E-state index in [1.165, 1.54) is 18.5 Å². The molecule has 0 atom stereocenters. The Hall–Kier alpha value is -4.30. The van der Waals surface area contributed by atoms with Gasteiger partial charge in [-0.25, -0.2) is 9.97 Å². The molecule has 0 saturated heterocycles. The second kappa shape index (κ2) is 9.23. The summed E-state index contributed by atoms with van der Waals surface area (Å²) in [4.78, 5) is 31.4. The summed E-state index contributed by atoms with van der Waals surface area (Å²) in [6.07, 6.45) is 1.49. The molecule has 9 heteroatoms. The normalized spacial score (nSPS) is 10.4. The molecule has 0 aliphatic rings. The van der Waals surface area contributed by atoms with E-state index in [0.717, 1.165) is 23.0 Å². The maximum absolute atomic E-state index is 12.4. The van der Waals surface area contributed by atoms with Crippen molar-refractivity contribution in [1.82, 2.24) is 9.97 Å². The van der Waals surface area contributed by atoms with Crippen molar-refractivity contribution in [2.45, 2.75) is 0 Å². The van der Waals surface area contributed by atoms with E-state index < -0.39 is 10.8 Å². The number of aromatic nitrogens is 2. The fourth-order valence-electron chi connectivity index (χ4n) is 2.97. The second-order valence-corrected chi connectivity index (χ2v) is 7.14. The summed E-state index contributed by atoms with van der Waals surface area (Å²) in [6.45, 7) is 0. The van der Waals surface area contributed by atoms with Crippen molar-refractivity contribution in [3.8, 4) is 11.3 Å². The van der Waals surface area contributed by atoms with Gasteiger partial charge >= 0.3 is 0 Å². The number of carbonyl (C=O) groups is 1. The van der Waals surface area contributed by atoms with Crippen molar-refractivity contribution in [3.05, 3.63) is 106 Å².